The van der Waals surface area contributed by atoms with Crippen LogP contribution in [0.25, 0.3) is 16.5 Å². The van der Waals surface area contributed by atoms with Gasteiger partial charge in [-0.15, -0.1) is 5.10 Å². The molecule has 0 saturated heterocycles. The lowest BCUT2D eigenvalue weighted by atomic mass is 10.1. The van der Waals surface area contributed by atoms with Gasteiger partial charge in [0.15, 0.2) is 5.56 Å². The molecular weight excluding hydrogens is 300 g/mol. The van der Waals surface area contributed by atoms with Crippen molar-refractivity contribution in [3.63, 3.8) is 0 Å². The molecule has 0 spiro atoms. The first-order valence-corrected chi connectivity index (χ1v) is 6.30. The Morgan fingerprint density at radius 1 is 1.05 bits per heavy atom. The minimum atomic E-state index is -4.88. The number of rotatable bonds is 2. The number of methoxy groups -OCH3 is 1. The van der Waals surface area contributed by atoms with Crippen LogP contribution in [-0.4, -0.2) is 16.9 Å². The van der Waals surface area contributed by atoms with Gasteiger partial charge in [-0.2, -0.15) is 17.6 Å². The van der Waals surface area contributed by atoms with Crippen LogP contribution in [0.3, 0.4) is 0 Å². The van der Waals surface area contributed by atoms with Gasteiger partial charge in [-0.1, -0.05) is 30.3 Å². The third-order valence-electron chi connectivity index (χ3n) is 3.25. The molecular formula is C15H10F4N2O. The smallest absolute Gasteiger partial charge is 0.426 e. The molecule has 22 heavy (non-hydrogen) atoms. The molecule has 0 radical (unpaired) electrons. The van der Waals surface area contributed by atoms with E-state index in [0.717, 1.165) is 17.9 Å². The molecule has 0 bridgehead atoms. The van der Waals surface area contributed by atoms with Crippen molar-refractivity contribution in [3.05, 3.63) is 54.0 Å². The van der Waals surface area contributed by atoms with Crippen LogP contribution in [0.2, 0.25) is 0 Å². The highest BCUT2D eigenvalue weighted by Gasteiger charge is 2.42. The van der Waals surface area contributed by atoms with Gasteiger partial charge in [0, 0.05) is 0 Å². The summed E-state index contributed by atoms with van der Waals surface area (Å²) in [6, 6.07) is 12.0. The highest BCUT2D eigenvalue weighted by molar-refractivity contribution is 5.84. The molecule has 0 amide bonds. The Morgan fingerprint density at radius 3 is 2.32 bits per heavy atom. The topological polar surface area (TPSA) is 27.1 Å². The summed E-state index contributed by atoms with van der Waals surface area (Å²) in [6.45, 7) is 0. The van der Waals surface area contributed by atoms with Crippen molar-refractivity contribution in [2.45, 2.75) is 6.18 Å². The van der Waals surface area contributed by atoms with Gasteiger partial charge in [0.25, 0.3) is 0 Å². The van der Waals surface area contributed by atoms with Crippen molar-refractivity contribution in [1.82, 2.24) is 9.78 Å². The lowest BCUT2D eigenvalue weighted by Gasteiger charge is -2.06. The minimum absolute atomic E-state index is 0.185. The van der Waals surface area contributed by atoms with Crippen molar-refractivity contribution < 1.29 is 22.3 Å². The predicted molar refractivity (Wildman–Crippen MR) is 72.6 cm³/mol. The molecule has 3 aromatic rings. The summed E-state index contributed by atoms with van der Waals surface area (Å²) in [5.41, 5.74) is -1.33. The molecule has 0 atom stereocenters. The van der Waals surface area contributed by atoms with E-state index in [-0.39, 0.29) is 5.69 Å². The van der Waals surface area contributed by atoms with E-state index in [1.54, 1.807) is 24.3 Å². The third kappa shape index (κ3) is 2.28. The first-order valence-electron chi connectivity index (χ1n) is 6.30. The monoisotopic (exact) mass is 310 g/mol. The van der Waals surface area contributed by atoms with Crippen LogP contribution in [0, 0.1) is 5.95 Å². The fraction of sp³-hybridized carbons (Fsp3) is 0.133. The van der Waals surface area contributed by atoms with Gasteiger partial charge in [-0.25, -0.2) is 4.68 Å². The van der Waals surface area contributed by atoms with Crippen LogP contribution in [-0.2, 0) is 6.18 Å². The van der Waals surface area contributed by atoms with E-state index >= 15 is 0 Å². The molecule has 2 aromatic carbocycles. The normalized spacial score (nSPS) is 11.9. The summed E-state index contributed by atoms with van der Waals surface area (Å²) in [6.07, 6.45) is -4.88. The third-order valence-corrected chi connectivity index (χ3v) is 3.25. The van der Waals surface area contributed by atoms with E-state index in [1.165, 1.54) is 6.07 Å². The van der Waals surface area contributed by atoms with Crippen LogP contribution in [0.15, 0.2) is 42.5 Å². The van der Waals surface area contributed by atoms with E-state index in [9.17, 15) is 17.6 Å². The van der Waals surface area contributed by atoms with Crippen LogP contribution >= 0.6 is 0 Å². The second-order valence-corrected chi connectivity index (χ2v) is 4.62. The Balaban J connectivity index is 2.20. The van der Waals surface area contributed by atoms with Crippen LogP contribution in [0.5, 0.6) is 5.88 Å². The minimum Gasteiger partial charge on any atom is -0.479 e. The molecule has 1 heterocycles. The Bertz CT molecular complexity index is 839. The van der Waals surface area contributed by atoms with E-state index in [4.69, 9.17) is 0 Å². The molecule has 114 valence electrons. The van der Waals surface area contributed by atoms with E-state index in [0.29, 0.717) is 4.68 Å². The van der Waals surface area contributed by atoms with Crippen molar-refractivity contribution in [3.8, 4) is 11.6 Å². The summed E-state index contributed by atoms with van der Waals surface area (Å²) in [7, 11) is 1.02. The molecule has 7 heteroatoms. The van der Waals surface area contributed by atoms with E-state index in [1.807, 2.05) is 12.1 Å². The lowest BCUT2D eigenvalue weighted by molar-refractivity contribution is -0.141. The van der Waals surface area contributed by atoms with Gasteiger partial charge in [0.2, 0.25) is 11.8 Å². The van der Waals surface area contributed by atoms with Crippen molar-refractivity contribution >= 4 is 10.8 Å². The van der Waals surface area contributed by atoms with Gasteiger partial charge < -0.3 is 4.74 Å². The Kier molecular flexibility index (Phi) is 3.27. The van der Waals surface area contributed by atoms with Crippen LogP contribution in [0.4, 0.5) is 17.6 Å². The zero-order valence-corrected chi connectivity index (χ0v) is 11.4. The number of benzene rings is 2. The summed E-state index contributed by atoms with van der Waals surface area (Å²) >= 11 is 0. The highest BCUT2D eigenvalue weighted by atomic mass is 19.4. The van der Waals surface area contributed by atoms with Gasteiger partial charge in [0.05, 0.1) is 12.8 Å². The molecule has 0 aliphatic carbocycles. The lowest BCUT2D eigenvalue weighted by Crippen LogP contribution is -2.09. The number of aromatic nitrogens is 2. The zero-order chi connectivity index (χ0) is 15.9. The number of halogens is 4. The molecule has 0 unspecified atom stereocenters. The highest BCUT2D eigenvalue weighted by Crippen LogP contribution is 2.38. The number of fused-ring (bicyclic) bond motifs is 1. The SMILES string of the molecule is COc1nn(-c2ccc3ccccc3c2)c(F)c1C(F)(F)F. The van der Waals surface area contributed by atoms with E-state index in [2.05, 4.69) is 9.84 Å². The number of ether oxygens (including phenoxy) is 1. The molecule has 1 aromatic heterocycles. The van der Waals surface area contributed by atoms with Crippen molar-refractivity contribution in [2.24, 2.45) is 0 Å². The summed E-state index contributed by atoms with van der Waals surface area (Å²) in [4.78, 5) is 0. The average molecular weight is 310 g/mol. The molecule has 3 nitrogen and oxygen atoms in total. The molecule has 3 rings (SSSR count). The number of nitrogens with zero attached hydrogens (tertiary/aromatic N) is 2. The fourth-order valence-corrected chi connectivity index (χ4v) is 2.24. The molecule has 0 N–H and O–H groups in total. The summed E-state index contributed by atoms with van der Waals surface area (Å²) < 4.78 is 58.0. The second-order valence-electron chi connectivity index (χ2n) is 4.62. The molecule has 0 fully saturated rings. The average Bonchev–Trinajstić information content (AvgIpc) is 2.83. The standard InChI is InChI=1S/C15H10F4N2O/c1-22-14-12(15(17,18)19)13(16)21(20-14)11-7-6-9-4-2-3-5-10(9)8-11/h2-8H,1H3. The largest absolute Gasteiger partial charge is 0.479 e. The molecule has 0 aliphatic heterocycles. The second kappa shape index (κ2) is 5.01. The molecule has 0 saturated carbocycles. The zero-order valence-electron chi connectivity index (χ0n) is 11.4. The quantitative estimate of drug-likeness (QED) is 0.664. The molecule has 0 aliphatic rings. The summed E-state index contributed by atoms with van der Waals surface area (Å²) in [5, 5.41) is 5.23. The predicted octanol–water partition coefficient (Wildman–Crippen LogP) is 4.19. The van der Waals surface area contributed by atoms with Crippen LogP contribution < -0.4 is 4.74 Å². The number of hydrogen-bond acceptors (Lipinski definition) is 2. The maximum absolute atomic E-state index is 14.2. The van der Waals surface area contributed by atoms with E-state index < -0.39 is 23.6 Å². The first kappa shape index (κ1) is 14.4. The number of alkyl halides is 3. The summed E-state index contributed by atoms with van der Waals surface area (Å²) in [5.74, 6) is -2.29. The van der Waals surface area contributed by atoms with Gasteiger partial charge in [-0.05, 0) is 22.9 Å². The van der Waals surface area contributed by atoms with Gasteiger partial charge in [-0.3, -0.25) is 0 Å². The fourth-order valence-electron chi connectivity index (χ4n) is 2.24. The van der Waals surface area contributed by atoms with Crippen LogP contribution in [0.1, 0.15) is 5.56 Å². The van der Waals surface area contributed by atoms with Gasteiger partial charge >= 0.3 is 6.18 Å². The maximum Gasteiger partial charge on any atom is 0.426 e. The van der Waals surface area contributed by atoms with Crippen molar-refractivity contribution in [2.75, 3.05) is 7.11 Å². The first-order chi connectivity index (χ1) is 10.4. The Labute approximate surface area is 122 Å². The van der Waals surface area contributed by atoms with Crippen molar-refractivity contribution in [1.29, 1.82) is 0 Å². The maximum atomic E-state index is 14.2. The Hall–Kier alpha value is -2.57. The number of hydrogen-bond donors (Lipinski definition) is 0. The Morgan fingerprint density at radius 2 is 1.73 bits per heavy atom. The van der Waals surface area contributed by atoms with Gasteiger partial charge in [0.1, 0.15) is 0 Å².